The zero-order valence-corrected chi connectivity index (χ0v) is 11.3. The number of Topliss-reactive ketones (excluding diaryl/α,β-unsaturated/α-hetero) is 1. The first-order chi connectivity index (χ1) is 7.94. The lowest BCUT2D eigenvalue weighted by Gasteiger charge is -2.20. The Kier molecular flexibility index (Phi) is 7.51. The first-order valence-electron chi connectivity index (χ1n) is 6.24. The summed E-state index contributed by atoms with van der Waals surface area (Å²) in [6.07, 6.45) is 4.85. The normalized spacial score (nSPS) is 11.0. The Morgan fingerprint density at radius 3 is 2.47 bits per heavy atom. The van der Waals surface area contributed by atoms with E-state index in [9.17, 15) is 9.59 Å². The van der Waals surface area contributed by atoms with Crippen LogP contribution in [0, 0.1) is 5.41 Å². The fourth-order valence-electron chi connectivity index (χ4n) is 1.16. The van der Waals surface area contributed by atoms with Gasteiger partial charge in [-0.3, -0.25) is 9.59 Å². The van der Waals surface area contributed by atoms with Gasteiger partial charge in [-0.2, -0.15) is 0 Å². The minimum Gasteiger partial charge on any atom is -0.465 e. The van der Waals surface area contributed by atoms with E-state index in [0.29, 0.717) is 25.9 Å². The predicted octanol–water partition coefficient (Wildman–Crippen LogP) is 3.28. The van der Waals surface area contributed by atoms with Gasteiger partial charge in [0.15, 0.2) is 0 Å². The zero-order valence-electron chi connectivity index (χ0n) is 11.3. The molecule has 0 N–H and O–H groups in total. The first kappa shape index (κ1) is 15.9. The highest BCUT2D eigenvalue weighted by molar-refractivity contribution is 5.78. The second-order valence-corrected chi connectivity index (χ2v) is 4.84. The third-order valence-corrected chi connectivity index (χ3v) is 2.90. The summed E-state index contributed by atoms with van der Waals surface area (Å²) in [7, 11) is 0. The molecule has 0 amide bonds. The maximum Gasteiger partial charge on any atom is 0.311 e. The summed E-state index contributed by atoms with van der Waals surface area (Å²) in [6.45, 7) is 9.59. The van der Waals surface area contributed by atoms with Gasteiger partial charge in [0.2, 0.25) is 0 Å². The van der Waals surface area contributed by atoms with E-state index in [2.05, 4.69) is 6.58 Å². The van der Waals surface area contributed by atoms with Crippen LogP contribution in [0.4, 0.5) is 0 Å². The van der Waals surface area contributed by atoms with Crippen LogP contribution in [-0.2, 0) is 14.3 Å². The topological polar surface area (TPSA) is 43.4 Å². The summed E-state index contributed by atoms with van der Waals surface area (Å²) in [5.74, 6) is 0.0224. The van der Waals surface area contributed by atoms with E-state index in [0.717, 1.165) is 12.8 Å². The molecule has 0 bridgehead atoms. The molecule has 0 fully saturated rings. The van der Waals surface area contributed by atoms with Crippen LogP contribution in [0.1, 0.15) is 52.9 Å². The molecule has 0 rings (SSSR count). The van der Waals surface area contributed by atoms with Crippen LogP contribution in [0.15, 0.2) is 12.7 Å². The molecule has 17 heavy (non-hydrogen) atoms. The molecule has 0 unspecified atom stereocenters. The molecule has 0 aliphatic rings. The number of allylic oxidation sites excluding steroid dienone is 1. The smallest absolute Gasteiger partial charge is 0.311 e. The maximum absolute atomic E-state index is 11.6. The second-order valence-electron chi connectivity index (χ2n) is 4.84. The Balaban J connectivity index is 3.68. The number of hydrogen-bond donors (Lipinski definition) is 0. The Morgan fingerprint density at radius 1 is 1.29 bits per heavy atom. The van der Waals surface area contributed by atoms with Gasteiger partial charge in [-0.1, -0.05) is 13.0 Å². The molecule has 3 nitrogen and oxygen atoms in total. The standard InChI is InChI=1S/C14H24O3/c1-5-7-9-12(15)10-8-11-17-13(16)14(3,4)6-2/h5H,1,6-11H2,2-4H3. The van der Waals surface area contributed by atoms with Gasteiger partial charge in [0, 0.05) is 12.8 Å². The quantitative estimate of drug-likeness (QED) is 0.353. The molecule has 0 aliphatic heterocycles. The van der Waals surface area contributed by atoms with Crippen molar-refractivity contribution in [1.29, 1.82) is 0 Å². The highest BCUT2D eigenvalue weighted by atomic mass is 16.5. The third kappa shape index (κ3) is 6.93. The largest absolute Gasteiger partial charge is 0.465 e. The fourth-order valence-corrected chi connectivity index (χ4v) is 1.16. The SMILES string of the molecule is C=CCCC(=O)CCCOC(=O)C(C)(C)CC. The molecule has 0 atom stereocenters. The molecule has 0 spiro atoms. The summed E-state index contributed by atoms with van der Waals surface area (Å²) in [4.78, 5) is 22.9. The molecular weight excluding hydrogens is 216 g/mol. The first-order valence-corrected chi connectivity index (χ1v) is 6.24. The molecule has 0 aromatic rings. The van der Waals surface area contributed by atoms with Crippen LogP contribution in [0.5, 0.6) is 0 Å². The van der Waals surface area contributed by atoms with E-state index in [1.807, 2.05) is 20.8 Å². The minimum atomic E-state index is -0.424. The van der Waals surface area contributed by atoms with Gasteiger partial charge in [0.05, 0.1) is 12.0 Å². The van der Waals surface area contributed by atoms with Crippen molar-refractivity contribution in [2.24, 2.45) is 5.41 Å². The van der Waals surface area contributed by atoms with E-state index >= 15 is 0 Å². The maximum atomic E-state index is 11.6. The van der Waals surface area contributed by atoms with Gasteiger partial charge in [0.25, 0.3) is 0 Å². The van der Waals surface area contributed by atoms with Crippen LogP contribution in [0.25, 0.3) is 0 Å². The Bertz CT molecular complexity index is 267. The van der Waals surface area contributed by atoms with Crippen LogP contribution >= 0.6 is 0 Å². The van der Waals surface area contributed by atoms with Crippen molar-refractivity contribution >= 4 is 11.8 Å². The summed E-state index contributed by atoms with van der Waals surface area (Å²) >= 11 is 0. The van der Waals surface area contributed by atoms with Crippen LogP contribution in [0.3, 0.4) is 0 Å². The van der Waals surface area contributed by atoms with E-state index in [1.165, 1.54) is 0 Å². The molecule has 0 aliphatic carbocycles. The average molecular weight is 240 g/mol. The number of hydrogen-bond acceptors (Lipinski definition) is 3. The molecule has 0 saturated heterocycles. The predicted molar refractivity (Wildman–Crippen MR) is 68.7 cm³/mol. The average Bonchev–Trinajstić information content (AvgIpc) is 2.31. The fraction of sp³-hybridized carbons (Fsp3) is 0.714. The van der Waals surface area contributed by atoms with Crippen molar-refractivity contribution < 1.29 is 14.3 Å². The van der Waals surface area contributed by atoms with Crippen molar-refractivity contribution in [3.05, 3.63) is 12.7 Å². The number of rotatable bonds is 9. The summed E-state index contributed by atoms with van der Waals surface area (Å²) in [5.41, 5.74) is -0.424. The minimum absolute atomic E-state index is 0.182. The Hall–Kier alpha value is -1.12. The van der Waals surface area contributed by atoms with Gasteiger partial charge in [-0.25, -0.2) is 0 Å². The molecule has 3 heteroatoms. The monoisotopic (exact) mass is 240 g/mol. The van der Waals surface area contributed by atoms with Gasteiger partial charge in [0.1, 0.15) is 5.78 Å². The molecule has 98 valence electrons. The molecule has 0 saturated carbocycles. The molecular formula is C14H24O3. The Morgan fingerprint density at radius 2 is 1.94 bits per heavy atom. The van der Waals surface area contributed by atoms with E-state index in [-0.39, 0.29) is 11.8 Å². The van der Waals surface area contributed by atoms with Crippen LogP contribution in [-0.4, -0.2) is 18.4 Å². The van der Waals surface area contributed by atoms with Crippen molar-refractivity contribution in [2.75, 3.05) is 6.61 Å². The van der Waals surface area contributed by atoms with Gasteiger partial charge < -0.3 is 4.74 Å². The number of ketones is 1. The van der Waals surface area contributed by atoms with Crippen molar-refractivity contribution in [3.8, 4) is 0 Å². The zero-order chi connectivity index (χ0) is 13.3. The van der Waals surface area contributed by atoms with Gasteiger partial charge in [-0.05, 0) is 33.1 Å². The van der Waals surface area contributed by atoms with Crippen LogP contribution < -0.4 is 0 Å². The molecule has 0 aromatic heterocycles. The molecule has 0 radical (unpaired) electrons. The Labute approximate surface area is 104 Å². The number of carbonyl (C=O) groups is 2. The van der Waals surface area contributed by atoms with Gasteiger partial charge >= 0.3 is 5.97 Å². The number of esters is 1. The lowest BCUT2D eigenvalue weighted by Crippen LogP contribution is -2.26. The van der Waals surface area contributed by atoms with Crippen molar-refractivity contribution in [2.45, 2.75) is 52.9 Å². The van der Waals surface area contributed by atoms with E-state index < -0.39 is 5.41 Å². The highest BCUT2D eigenvalue weighted by Gasteiger charge is 2.26. The molecule has 0 aromatic carbocycles. The lowest BCUT2D eigenvalue weighted by molar-refractivity contribution is -0.154. The summed E-state index contributed by atoms with van der Waals surface area (Å²) in [6, 6.07) is 0. The van der Waals surface area contributed by atoms with Gasteiger partial charge in [-0.15, -0.1) is 6.58 Å². The third-order valence-electron chi connectivity index (χ3n) is 2.90. The lowest BCUT2D eigenvalue weighted by atomic mass is 9.91. The van der Waals surface area contributed by atoms with E-state index in [1.54, 1.807) is 6.08 Å². The van der Waals surface area contributed by atoms with E-state index in [4.69, 9.17) is 4.74 Å². The number of ether oxygens (including phenoxy) is 1. The highest BCUT2D eigenvalue weighted by Crippen LogP contribution is 2.21. The second kappa shape index (κ2) is 8.04. The summed E-state index contributed by atoms with van der Waals surface area (Å²) < 4.78 is 5.14. The molecule has 0 heterocycles. The summed E-state index contributed by atoms with van der Waals surface area (Å²) in [5, 5.41) is 0. The number of carbonyl (C=O) groups excluding carboxylic acids is 2. The van der Waals surface area contributed by atoms with Crippen molar-refractivity contribution in [3.63, 3.8) is 0 Å². The van der Waals surface area contributed by atoms with Crippen LogP contribution in [0.2, 0.25) is 0 Å². The van der Waals surface area contributed by atoms with Crippen molar-refractivity contribution in [1.82, 2.24) is 0 Å².